The highest BCUT2D eigenvalue weighted by Gasteiger charge is 2.20. The van der Waals surface area contributed by atoms with Gasteiger partial charge >= 0.3 is 0 Å². The molecule has 41 heavy (non-hydrogen) atoms. The number of rotatable bonds is 35. The molecule has 2 N–H and O–H groups in total. The van der Waals surface area contributed by atoms with Crippen LogP contribution >= 0.6 is 0 Å². The molecule has 0 atom stereocenters. The van der Waals surface area contributed by atoms with E-state index < -0.39 is 0 Å². The first-order chi connectivity index (χ1) is 19.7. The van der Waals surface area contributed by atoms with Crippen LogP contribution in [0.2, 0.25) is 0 Å². The zero-order chi connectivity index (χ0) is 29.2. The molecule has 0 spiro atoms. The third kappa shape index (κ3) is 34.7. The maximum atomic E-state index is 6.04. The van der Waals surface area contributed by atoms with E-state index in [4.69, 9.17) is 15.2 Å². The molecule has 0 aliphatic carbocycles. The van der Waals surface area contributed by atoms with E-state index in [1.54, 1.807) is 0 Å². The lowest BCUT2D eigenvalue weighted by Crippen LogP contribution is -3.00. The van der Waals surface area contributed by atoms with Gasteiger partial charge in [-0.3, -0.25) is 0 Å². The van der Waals surface area contributed by atoms with Gasteiger partial charge in [0.15, 0.2) is 0 Å². The predicted octanol–water partition coefficient (Wildman–Crippen LogP) is 7.22. The largest absolute Gasteiger partial charge is 1.00 e. The molecule has 0 rings (SSSR count). The van der Waals surface area contributed by atoms with Gasteiger partial charge in [-0.05, 0) is 19.4 Å². The van der Waals surface area contributed by atoms with Crippen LogP contribution in [0.4, 0.5) is 0 Å². The number of halogens is 1. The Morgan fingerprint density at radius 1 is 0.390 bits per heavy atom. The molecule has 0 aromatic rings. The van der Waals surface area contributed by atoms with Crippen LogP contribution < -0.4 is 22.7 Å². The van der Waals surface area contributed by atoms with Crippen molar-refractivity contribution in [3.8, 4) is 0 Å². The molecule has 0 aliphatic rings. The molecule has 0 saturated carbocycles. The molecular formula is C36H77BrN2O2. The summed E-state index contributed by atoms with van der Waals surface area (Å²) in [6.45, 7) is 12.2. The first-order valence-corrected chi connectivity index (χ1v) is 18.4. The van der Waals surface area contributed by atoms with Gasteiger partial charge in [0, 0.05) is 19.6 Å². The summed E-state index contributed by atoms with van der Waals surface area (Å²) in [5.41, 5.74) is 5.83. The Kier molecular flexibility index (Phi) is 38.7. The predicted molar refractivity (Wildman–Crippen MR) is 178 cm³/mol. The molecular weight excluding hydrogens is 572 g/mol. The molecule has 4 nitrogen and oxygen atoms in total. The number of unbranched alkanes of at least 4 members (excludes halogenated alkanes) is 22. The summed E-state index contributed by atoms with van der Waals surface area (Å²) in [5, 5.41) is 0. The fourth-order valence-electron chi connectivity index (χ4n) is 5.67. The van der Waals surface area contributed by atoms with E-state index >= 15 is 0 Å². The van der Waals surface area contributed by atoms with Gasteiger partial charge in [0.05, 0.1) is 26.8 Å². The number of likely N-dealkylation sites (N-methyl/N-ethyl adjacent to an activating group) is 1. The lowest BCUT2D eigenvalue weighted by molar-refractivity contribution is -0.910. The minimum atomic E-state index is 0. The summed E-state index contributed by atoms with van der Waals surface area (Å²) in [7, 11) is 2.36. The molecule has 0 radical (unpaired) electrons. The van der Waals surface area contributed by atoms with Crippen molar-refractivity contribution in [2.24, 2.45) is 5.73 Å². The Morgan fingerprint density at radius 3 is 0.976 bits per heavy atom. The molecule has 5 heteroatoms. The van der Waals surface area contributed by atoms with E-state index in [2.05, 4.69) is 20.9 Å². The Bertz CT molecular complexity index is 433. The summed E-state index contributed by atoms with van der Waals surface area (Å²) in [6, 6.07) is 0. The van der Waals surface area contributed by atoms with Crippen molar-refractivity contribution in [2.75, 3.05) is 59.7 Å². The highest BCUT2D eigenvalue weighted by Crippen LogP contribution is 2.13. The van der Waals surface area contributed by atoms with Crippen molar-refractivity contribution in [3.05, 3.63) is 0 Å². The number of hydrogen-bond acceptors (Lipinski definition) is 3. The molecule has 0 aliphatic heterocycles. The van der Waals surface area contributed by atoms with Crippen LogP contribution in [0.25, 0.3) is 0 Å². The third-order valence-corrected chi connectivity index (χ3v) is 8.74. The van der Waals surface area contributed by atoms with Gasteiger partial charge < -0.3 is 36.7 Å². The van der Waals surface area contributed by atoms with Crippen LogP contribution in [-0.4, -0.2) is 64.1 Å². The van der Waals surface area contributed by atoms with Crippen molar-refractivity contribution in [3.63, 3.8) is 0 Å². The first kappa shape index (κ1) is 43.4. The van der Waals surface area contributed by atoms with E-state index in [-0.39, 0.29) is 17.0 Å². The van der Waals surface area contributed by atoms with Gasteiger partial charge in [0.25, 0.3) is 0 Å². The van der Waals surface area contributed by atoms with Gasteiger partial charge in [0.2, 0.25) is 0 Å². The summed E-state index contributed by atoms with van der Waals surface area (Å²) in [6.07, 6.45) is 34.5. The van der Waals surface area contributed by atoms with Crippen LogP contribution in [-0.2, 0) is 9.47 Å². The van der Waals surface area contributed by atoms with Crippen LogP contribution in [0.1, 0.15) is 174 Å². The van der Waals surface area contributed by atoms with Crippen LogP contribution in [0, 0.1) is 0 Å². The average molecular weight is 650 g/mol. The molecule has 0 saturated heterocycles. The Labute approximate surface area is 270 Å². The fourth-order valence-corrected chi connectivity index (χ4v) is 5.67. The van der Waals surface area contributed by atoms with Gasteiger partial charge in [0.1, 0.15) is 13.1 Å². The van der Waals surface area contributed by atoms with Crippen molar-refractivity contribution in [1.29, 1.82) is 0 Å². The lowest BCUT2D eigenvalue weighted by Gasteiger charge is -2.34. The van der Waals surface area contributed by atoms with E-state index in [9.17, 15) is 0 Å². The van der Waals surface area contributed by atoms with Gasteiger partial charge in [-0.2, -0.15) is 0 Å². The Morgan fingerprint density at radius 2 is 0.683 bits per heavy atom. The van der Waals surface area contributed by atoms with Crippen LogP contribution in [0.15, 0.2) is 0 Å². The summed E-state index contributed by atoms with van der Waals surface area (Å²) in [4.78, 5) is 0. The highest BCUT2D eigenvalue weighted by molar-refractivity contribution is 4.51. The average Bonchev–Trinajstić information content (AvgIpc) is 2.96. The molecule has 0 aromatic heterocycles. The molecule has 0 unspecified atom stereocenters. The van der Waals surface area contributed by atoms with Gasteiger partial charge in [-0.25, -0.2) is 0 Å². The second-order valence-electron chi connectivity index (χ2n) is 12.9. The number of nitrogens with zero attached hydrogens (tertiary/aromatic N) is 1. The SMILES string of the molecule is CCCCCCCCCCCCCCOCC[N+](C)(CCCN)CCOCCCCCCCCCCCCCC.[Br-]. The highest BCUT2D eigenvalue weighted by atomic mass is 79.9. The topological polar surface area (TPSA) is 44.5 Å². The van der Waals surface area contributed by atoms with Crippen molar-refractivity contribution in [1.82, 2.24) is 0 Å². The minimum Gasteiger partial charge on any atom is -1.00 e. The number of hydrogen-bond donors (Lipinski definition) is 1. The standard InChI is InChI=1S/C36H77N2O2.BrH/c1-4-6-8-10-12-14-16-18-20-22-24-26-33-39-35-31-38(3,30-28-29-37)32-36-40-34-27-25-23-21-19-17-15-13-11-9-7-5-2;/h4-37H2,1-3H3;1H/q+1;/p-1. The van der Waals surface area contributed by atoms with Crippen molar-refractivity contribution < 1.29 is 30.9 Å². The monoisotopic (exact) mass is 649 g/mol. The maximum Gasteiger partial charge on any atom is 0.102 e. The molecule has 0 aromatic carbocycles. The summed E-state index contributed by atoms with van der Waals surface area (Å²) >= 11 is 0. The zero-order valence-corrected chi connectivity index (χ0v) is 30.1. The fraction of sp³-hybridized carbons (Fsp3) is 1.00. The maximum absolute atomic E-state index is 6.04. The Hall–Kier alpha value is 0.320. The number of nitrogens with two attached hydrogens (primary N) is 1. The van der Waals surface area contributed by atoms with E-state index in [0.717, 1.165) is 63.5 Å². The number of quaternary nitrogens is 1. The van der Waals surface area contributed by atoms with Crippen LogP contribution in [0.3, 0.4) is 0 Å². The van der Waals surface area contributed by atoms with Gasteiger partial charge in [-0.15, -0.1) is 0 Å². The minimum absolute atomic E-state index is 0. The van der Waals surface area contributed by atoms with E-state index in [1.165, 1.54) is 154 Å². The lowest BCUT2D eigenvalue weighted by atomic mass is 10.1. The second kappa shape index (κ2) is 36.5. The molecule has 250 valence electrons. The third-order valence-electron chi connectivity index (χ3n) is 8.74. The molecule has 0 heterocycles. The van der Waals surface area contributed by atoms with Crippen molar-refractivity contribution >= 4 is 0 Å². The molecule has 0 amide bonds. The quantitative estimate of drug-likeness (QED) is 0.0583. The second-order valence-corrected chi connectivity index (χ2v) is 12.9. The van der Waals surface area contributed by atoms with Crippen molar-refractivity contribution in [2.45, 2.75) is 174 Å². The molecule has 0 bridgehead atoms. The zero-order valence-electron chi connectivity index (χ0n) is 28.6. The van der Waals surface area contributed by atoms with E-state index in [1.807, 2.05) is 0 Å². The summed E-state index contributed by atoms with van der Waals surface area (Å²) < 4.78 is 13.1. The Balaban J connectivity index is 0. The van der Waals surface area contributed by atoms with E-state index in [0.29, 0.717) is 0 Å². The molecule has 0 fully saturated rings. The summed E-state index contributed by atoms with van der Waals surface area (Å²) in [5.74, 6) is 0. The smallest absolute Gasteiger partial charge is 0.102 e. The normalized spacial score (nSPS) is 11.7. The van der Waals surface area contributed by atoms with Crippen LogP contribution in [0.5, 0.6) is 0 Å². The number of ether oxygens (including phenoxy) is 2. The van der Waals surface area contributed by atoms with Gasteiger partial charge in [-0.1, -0.05) is 155 Å². The first-order valence-electron chi connectivity index (χ1n) is 18.4.